The molecule has 1 amide bonds. The molecule has 1 N–H and O–H groups in total. The molecule has 0 aromatic carbocycles. The predicted octanol–water partition coefficient (Wildman–Crippen LogP) is 4.38. The van der Waals surface area contributed by atoms with Gasteiger partial charge in [-0.2, -0.15) is 0 Å². The summed E-state index contributed by atoms with van der Waals surface area (Å²) in [5, 5.41) is 3.07. The van der Waals surface area contributed by atoms with E-state index in [1.54, 1.807) is 0 Å². The number of nitrogens with one attached hydrogen (secondary N) is 1. The number of hydrogen-bond donors (Lipinski definition) is 1. The Morgan fingerprint density at radius 3 is 2.33 bits per heavy atom. The molecule has 2 aliphatic heterocycles. The van der Waals surface area contributed by atoms with Gasteiger partial charge in [0.2, 0.25) is 5.91 Å². The number of nitrogens with zero attached hydrogens (tertiary/aromatic N) is 1. The van der Waals surface area contributed by atoms with Crippen molar-refractivity contribution in [1.29, 1.82) is 0 Å². The minimum absolute atomic E-state index is 0.212. The molecule has 0 unspecified atom stereocenters. The molecular weight excluding hydrogens is 336 g/mol. The maximum Gasteiger partial charge on any atom is 0.220 e. The molecule has 3 rings (SSSR count). The van der Waals surface area contributed by atoms with E-state index in [-0.39, 0.29) is 12.0 Å². The summed E-state index contributed by atoms with van der Waals surface area (Å²) >= 11 is 0. The maximum atomic E-state index is 12.1. The number of carbonyl (C=O) groups is 1. The number of hydrogen-bond acceptors (Lipinski definition) is 3. The molecule has 1 saturated carbocycles. The molecule has 27 heavy (non-hydrogen) atoms. The van der Waals surface area contributed by atoms with Crippen molar-refractivity contribution >= 4 is 5.91 Å². The molecule has 0 aromatic rings. The van der Waals surface area contributed by atoms with Gasteiger partial charge in [0.25, 0.3) is 0 Å². The Morgan fingerprint density at radius 2 is 1.74 bits per heavy atom. The third-order valence-electron chi connectivity index (χ3n) is 7.03. The Labute approximate surface area is 166 Å². The molecule has 1 aliphatic carbocycles. The van der Waals surface area contributed by atoms with E-state index in [9.17, 15) is 4.79 Å². The monoisotopic (exact) mass is 378 g/mol. The Morgan fingerprint density at radius 1 is 1.07 bits per heavy atom. The van der Waals surface area contributed by atoms with Gasteiger partial charge in [0.15, 0.2) is 0 Å². The van der Waals surface area contributed by atoms with E-state index in [1.807, 2.05) is 0 Å². The zero-order valence-corrected chi connectivity index (χ0v) is 18.2. The van der Waals surface area contributed by atoms with E-state index < -0.39 is 0 Å². The molecule has 0 bridgehead atoms. The van der Waals surface area contributed by atoms with Crippen molar-refractivity contribution in [2.24, 2.45) is 16.7 Å². The summed E-state index contributed by atoms with van der Waals surface area (Å²) < 4.78 is 5.58. The second kappa shape index (κ2) is 8.82. The highest BCUT2D eigenvalue weighted by Gasteiger charge is 2.41. The van der Waals surface area contributed by atoms with Crippen LogP contribution in [-0.4, -0.2) is 49.2 Å². The van der Waals surface area contributed by atoms with Gasteiger partial charge in [0.1, 0.15) is 0 Å². The number of rotatable bonds is 6. The fraction of sp³-hybridized carbons (Fsp3) is 0.957. The number of ether oxygens (including phenoxy) is 1. The summed E-state index contributed by atoms with van der Waals surface area (Å²) in [4.78, 5) is 14.9. The Kier molecular flexibility index (Phi) is 6.89. The molecule has 156 valence electrons. The van der Waals surface area contributed by atoms with Crippen molar-refractivity contribution < 1.29 is 9.53 Å². The number of amides is 1. The van der Waals surface area contributed by atoms with Crippen molar-refractivity contribution in [3.8, 4) is 0 Å². The third-order valence-corrected chi connectivity index (χ3v) is 7.03. The topological polar surface area (TPSA) is 41.6 Å². The van der Waals surface area contributed by atoms with Crippen LogP contribution in [0.25, 0.3) is 0 Å². The van der Waals surface area contributed by atoms with Crippen LogP contribution in [0.3, 0.4) is 0 Å². The summed E-state index contributed by atoms with van der Waals surface area (Å²) in [6, 6.07) is 0.749. The molecule has 4 nitrogen and oxygen atoms in total. The average molecular weight is 379 g/mol. The summed E-state index contributed by atoms with van der Waals surface area (Å²) in [5.41, 5.74) is 0.925. The fourth-order valence-corrected chi connectivity index (χ4v) is 6.11. The zero-order chi connectivity index (χ0) is 19.5. The lowest BCUT2D eigenvalue weighted by atomic mass is 9.63. The molecule has 1 atom stereocenters. The van der Waals surface area contributed by atoms with Crippen molar-refractivity contribution in [3.63, 3.8) is 0 Å². The van der Waals surface area contributed by atoms with E-state index in [1.165, 1.54) is 45.2 Å². The number of carbonyl (C=O) groups excluding carboxylic acids is 1. The fourth-order valence-electron chi connectivity index (χ4n) is 6.11. The van der Waals surface area contributed by atoms with Crippen LogP contribution < -0.4 is 5.32 Å². The summed E-state index contributed by atoms with van der Waals surface area (Å²) in [7, 11) is 0. The smallest absolute Gasteiger partial charge is 0.220 e. The molecule has 2 saturated heterocycles. The van der Waals surface area contributed by atoms with E-state index in [2.05, 4.69) is 37.9 Å². The second-order valence-corrected chi connectivity index (χ2v) is 11.0. The van der Waals surface area contributed by atoms with Crippen LogP contribution in [0.5, 0.6) is 0 Å². The lowest BCUT2D eigenvalue weighted by molar-refractivity contribution is -0.122. The van der Waals surface area contributed by atoms with Crippen molar-refractivity contribution in [1.82, 2.24) is 10.2 Å². The largest absolute Gasteiger partial charge is 0.376 e. The Bertz CT molecular complexity index is 473. The summed E-state index contributed by atoms with van der Waals surface area (Å²) in [5.74, 6) is 0.933. The van der Waals surface area contributed by atoms with Crippen LogP contribution in [0.4, 0.5) is 0 Å². The minimum Gasteiger partial charge on any atom is -0.376 e. The van der Waals surface area contributed by atoms with E-state index in [0.29, 0.717) is 23.8 Å². The van der Waals surface area contributed by atoms with Crippen molar-refractivity contribution in [2.45, 2.75) is 97.6 Å². The lowest BCUT2D eigenvalue weighted by Gasteiger charge is -2.50. The minimum atomic E-state index is 0.212. The van der Waals surface area contributed by atoms with Gasteiger partial charge in [-0.25, -0.2) is 0 Å². The van der Waals surface area contributed by atoms with Gasteiger partial charge < -0.3 is 15.0 Å². The molecule has 0 spiro atoms. The first-order valence-electron chi connectivity index (χ1n) is 11.3. The van der Waals surface area contributed by atoms with Crippen molar-refractivity contribution in [3.05, 3.63) is 0 Å². The van der Waals surface area contributed by atoms with Crippen LogP contribution in [-0.2, 0) is 9.53 Å². The zero-order valence-electron chi connectivity index (χ0n) is 18.2. The van der Waals surface area contributed by atoms with Crippen LogP contribution in [0.2, 0.25) is 0 Å². The van der Waals surface area contributed by atoms with Gasteiger partial charge in [0.05, 0.1) is 6.10 Å². The molecule has 3 aliphatic rings. The van der Waals surface area contributed by atoms with Gasteiger partial charge in [-0.3, -0.25) is 4.79 Å². The molecule has 0 aromatic heterocycles. The first kappa shape index (κ1) is 21.1. The van der Waals surface area contributed by atoms with Gasteiger partial charge in [-0.15, -0.1) is 0 Å². The Hall–Kier alpha value is -0.610. The van der Waals surface area contributed by atoms with E-state index >= 15 is 0 Å². The molecule has 4 heteroatoms. The molecule has 2 heterocycles. The number of piperidine rings is 1. The highest BCUT2D eigenvalue weighted by molar-refractivity contribution is 5.75. The maximum absolute atomic E-state index is 12.1. The van der Waals surface area contributed by atoms with Crippen LogP contribution in [0.1, 0.15) is 85.5 Å². The highest BCUT2D eigenvalue weighted by atomic mass is 16.5. The van der Waals surface area contributed by atoms with Gasteiger partial charge in [-0.1, -0.05) is 27.7 Å². The van der Waals surface area contributed by atoms with Gasteiger partial charge >= 0.3 is 0 Å². The van der Waals surface area contributed by atoms with Crippen LogP contribution in [0.15, 0.2) is 0 Å². The van der Waals surface area contributed by atoms with Crippen LogP contribution >= 0.6 is 0 Å². The summed E-state index contributed by atoms with van der Waals surface area (Å²) in [6.07, 6.45) is 10.7. The first-order valence-corrected chi connectivity index (χ1v) is 11.3. The molecule has 3 fully saturated rings. The third kappa shape index (κ3) is 6.45. The predicted molar refractivity (Wildman–Crippen MR) is 111 cm³/mol. The second-order valence-electron chi connectivity index (χ2n) is 11.0. The number of likely N-dealkylation sites (tertiary alicyclic amines) is 1. The summed E-state index contributed by atoms with van der Waals surface area (Å²) in [6.45, 7) is 13.8. The van der Waals surface area contributed by atoms with Gasteiger partial charge in [-0.05, 0) is 81.2 Å². The standard InChI is InChI=1S/C23H42N2O2/c1-22(2)14-19(15-23(3,4)17-22)25-11-9-18(10-12-25)7-8-21(26)24-16-20-6-5-13-27-20/h18-20H,5-17H2,1-4H3,(H,24,26)/t20-/m1/s1. The normalized spacial score (nSPS) is 29.7. The lowest BCUT2D eigenvalue weighted by Crippen LogP contribution is -2.49. The molecular formula is C23H42N2O2. The Balaban J connectivity index is 1.35. The average Bonchev–Trinajstić information content (AvgIpc) is 3.09. The van der Waals surface area contributed by atoms with Gasteiger partial charge in [0, 0.05) is 25.6 Å². The van der Waals surface area contributed by atoms with E-state index in [4.69, 9.17) is 4.74 Å². The SMILES string of the molecule is CC1(C)CC(N2CCC(CCC(=O)NC[C@H]3CCCO3)CC2)CC(C)(C)C1. The quantitative estimate of drug-likeness (QED) is 0.746. The molecule has 0 radical (unpaired) electrons. The highest BCUT2D eigenvalue weighted by Crippen LogP contribution is 2.47. The van der Waals surface area contributed by atoms with E-state index in [0.717, 1.165) is 37.8 Å². The van der Waals surface area contributed by atoms with Crippen LogP contribution in [0, 0.1) is 16.7 Å². The van der Waals surface area contributed by atoms with Crippen molar-refractivity contribution in [2.75, 3.05) is 26.2 Å². The first-order chi connectivity index (χ1) is 12.7.